The summed E-state index contributed by atoms with van der Waals surface area (Å²) in [5, 5.41) is 10.6. The number of benzene rings is 2. The fraction of sp³-hybridized carbons (Fsp3) is 0.360. The molecule has 2 aromatic rings. The minimum absolute atomic E-state index is 0.0329. The molecule has 0 spiro atoms. The fourth-order valence-corrected chi connectivity index (χ4v) is 3.69. The van der Waals surface area contributed by atoms with Crippen molar-refractivity contribution < 1.29 is 24.2 Å². The lowest BCUT2D eigenvalue weighted by molar-refractivity contribution is -0.130. The normalized spacial score (nSPS) is 16.4. The maximum atomic E-state index is 13.0. The Hall–Kier alpha value is -3.28. The molecular weight excluding hydrogens is 394 g/mol. The van der Waals surface area contributed by atoms with Gasteiger partial charge in [0.25, 0.3) is 5.91 Å². The van der Waals surface area contributed by atoms with Gasteiger partial charge in [0.15, 0.2) is 11.5 Å². The van der Waals surface area contributed by atoms with Crippen LogP contribution in [0.15, 0.2) is 59.9 Å². The number of Topliss-reactive ketones (excluding diaryl/α,β-unsaturated/α-hetero) is 1. The Morgan fingerprint density at radius 1 is 1.06 bits per heavy atom. The molecule has 6 nitrogen and oxygen atoms in total. The molecule has 6 heteroatoms. The molecule has 1 atom stereocenters. The maximum Gasteiger partial charge on any atom is 0.290 e. The van der Waals surface area contributed by atoms with E-state index in [1.165, 1.54) is 4.90 Å². The van der Waals surface area contributed by atoms with Gasteiger partial charge in [-0.25, -0.2) is 0 Å². The van der Waals surface area contributed by atoms with Crippen LogP contribution in [-0.2, 0) is 16.1 Å². The molecular formula is C25H29NO5. The number of aliphatic hydroxyl groups is 1. The van der Waals surface area contributed by atoms with E-state index in [0.717, 1.165) is 11.1 Å². The summed E-state index contributed by atoms with van der Waals surface area (Å²) in [6, 6.07) is 14.0. The van der Waals surface area contributed by atoms with Gasteiger partial charge in [-0.1, -0.05) is 38.1 Å². The Balaban J connectivity index is 2.02. The zero-order chi connectivity index (χ0) is 22.7. The predicted octanol–water partition coefficient (Wildman–Crippen LogP) is 4.60. The summed E-state index contributed by atoms with van der Waals surface area (Å²) < 4.78 is 11.0. The molecule has 3 rings (SSSR count). The summed E-state index contributed by atoms with van der Waals surface area (Å²) in [6.07, 6.45) is 0.0329. The van der Waals surface area contributed by atoms with Gasteiger partial charge in [-0.2, -0.15) is 0 Å². The molecule has 0 aromatic heterocycles. The highest BCUT2D eigenvalue weighted by Gasteiger charge is 2.43. The summed E-state index contributed by atoms with van der Waals surface area (Å²) in [7, 11) is 1.58. The molecule has 1 N–H and O–H groups in total. The lowest BCUT2D eigenvalue weighted by Gasteiger charge is -2.27. The van der Waals surface area contributed by atoms with Crippen LogP contribution in [0, 0.1) is 5.92 Å². The summed E-state index contributed by atoms with van der Waals surface area (Å²) in [5.74, 6) is -0.258. The van der Waals surface area contributed by atoms with Crippen LogP contribution in [0.2, 0.25) is 0 Å². The standard InChI is InChI=1S/C25H29NO5/c1-15(2)23(27)21-22(18-9-11-19(12-10-18)31-16(3)4)26(25(29)24(21)28)14-17-7-6-8-20(13-17)30-5/h6-13,15-16,22,28H,14H2,1-5H3. The van der Waals surface area contributed by atoms with Gasteiger partial charge < -0.3 is 19.5 Å². The smallest absolute Gasteiger partial charge is 0.290 e. The molecule has 0 radical (unpaired) electrons. The second-order valence-electron chi connectivity index (χ2n) is 8.20. The molecule has 31 heavy (non-hydrogen) atoms. The first kappa shape index (κ1) is 22.4. The van der Waals surface area contributed by atoms with Gasteiger partial charge >= 0.3 is 0 Å². The molecule has 1 amide bonds. The van der Waals surface area contributed by atoms with Crippen LogP contribution in [0.4, 0.5) is 0 Å². The number of methoxy groups -OCH3 is 1. The Morgan fingerprint density at radius 2 is 1.74 bits per heavy atom. The minimum atomic E-state index is -0.679. The molecule has 1 aliphatic heterocycles. The van der Waals surface area contributed by atoms with Gasteiger partial charge in [-0.05, 0) is 49.2 Å². The van der Waals surface area contributed by atoms with Crippen molar-refractivity contribution in [1.82, 2.24) is 4.90 Å². The SMILES string of the molecule is COc1cccc(CN2C(=O)C(O)=C(C(=O)C(C)C)C2c2ccc(OC(C)C)cc2)c1. The molecule has 0 fully saturated rings. The number of carbonyl (C=O) groups excluding carboxylic acids is 2. The number of amides is 1. The van der Waals surface area contributed by atoms with Gasteiger partial charge in [-0.15, -0.1) is 0 Å². The van der Waals surface area contributed by atoms with E-state index in [0.29, 0.717) is 11.5 Å². The van der Waals surface area contributed by atoms with Crippen LogP contribution in [-0.4, -0.2) is 34.9 Å². The minimum Gasteiger partial charge on any atom is -0.503 e. The number of nitrogens with zero attached hydrogens (tertiary/aromatic N) is 1. The van der Waals surface area contributed by atoms with Crippen molar-refractivity contribution in [3.63, 3.8) is 0 Å². The highest BCUT2D eigenvalue weighted by Crippen LogP contribution is 2.40. The number of hydrogen-bond acceptors (Lipinski definition) is 5. The van der Waals surface area contributed by atoms with Crippen LogP contribution in [0.1, 0.15) is 44.9 Å². The van der Waals surface area contributed by atoms with Crippen molar-refractivity contribution in [3.05, 3.63) is 71.0 Å². The zero-order valence-corrected chi connectivity index (χ0v) is 18.6. The first-order chi connectivity index (χ1) is 14.7. The van der Waals surface area contributed by atoms with Crippen LogP contribution < -0.4 is 9.47 Å². The molecule has 0 bridgehead atoms. The van der Waals surface area contributed by atoms with Crippen LogP contribution >= 0.6 is 0 Å². The summed E-state index contributed by atoms with van der Waals surface area (Å²) in [6.45, 7) is 7.63. The monoisotopic (exact) mass is 423 g/mol. The van der Waals surface area contributed by atoms with Crippen LogP contribution in [0.25, 0.3) is 0 Å². The average Bonchev–Trinajstić information content (AvgIpc) is 2.98. The highest BCUT2D eigenvalue weighted by atomic mass is 16.5. The van der Waals surface area contributed by atoms with E-state index in [4.69, 9.17) is 9.47 Å². The van der Waals surface area contributed by atoms with Crippen LogP contribution in [0.3, 0.4) is 0 Å². The van der Waals surface area contributed by atoms with E-state index < -0.39 is 17.7 Å². The van der Waals surface area contributed by atoms with E-state index in [9.17, 15) is 14.7 Å². The van der Waals surface area contributed by atoms with Gasteiger partial charge in [-0.3, -0.25) is 9.59 Å². The third-order valence-electron chi connectivity index (χ3n) is 5.15. The fourth-order valence-electron chi connectivity index (χ4n) is 3.69. The van der Waals surface area contributed by atoms with E-state index >= 15 is 0 Å². The van der Waals surface area contributed by atoms with Crippen molar-refractivity contribution >= 4 is 11.7 Å². The molecule has 1 aliphatic rings. The van der Waals surface area contributed by atoms with Gasteiger partial charge in [0.1, 0.15) is 11.5 Å². The van der Waals surface area contributed by atoms with Crippen molar-refractivity contribution in [1.29, 1.82) is 0 Å². The van der Waals surface area contributed by atoms with Crippen molar-refractivity contribution in [3.8, 4) is 11.5 Å². The summed E-state index contributed by atoms with van der Waals surface area (Å²) in [5.41, 5.74) is 1.71. The second-order valence-corrected chi connectivity index (χ2v) is 8.20. The van der Waals surface area contributed by atoms with E-state index in [-0.39, 0.29) is 29.9 Å². The predicted molar refractivity (Wildman–Crippen MR) is 118 cm³/mol. The van der Waals surface area contributed by atoms with E-state index in [1.807, 2.05) is 62.4 Å². The molecule has 0 saturated carbocycles. The third-order valence-corrected chi connectivity index (χ3v) is 5.15. The quantitative estimate of drug-likeness (QED) is 0.671. The number of aliphatic hydroxyl groups excluding tert-OH is 1. The molecule has 1 unspecified atom stereocenters. The topological polar surface area (TPSA) is 76.1 Å². The summed E-state index contributed by atoms with van der Waals surface area (Å²) in [4.78, 5) is 27.5. The number of rotatable bonds is 8. The Bertz CT molecular complexity index is 991. The second kappa shape index (κ2) is 9.25. The van der Waals surface area contributed by atoms with E-state index in [1.54, 1.807) is 21.0 Å². The first-order valence-electron chi connectivity index (χ1n) is 10.4. The Labute approximate surface area is 183 Å². The first-order valence-corrected chi connectivity index (χ1v) is 10.4. The number of hydrogen-bond donors (Lipinski definition) is 1. The molecule has 0 aliphatic carbocycles. The average molecular weight is 424 g/mol. The zero-order valence-electron chi connectivity index (χ0n) is 18.6. The van der Waals surface area contributed by atoms with Crippen molar-refractivity contribution in [2.75, 3.05) is 7.11 Å². The lowest BCUT2D eigenvalue weighted by Crippen LogP contribution is -2.31. The number of ketones is 1. The maximum absolute atomic E-state index is 13.0. The molecule has 0 saturated heterocycles. The largest absolute Gasteiger partial charge is 0.503 e. The molecule has 2 aromatic carbocycles. The van der Waals surface area contributed by atoms with Gasteiger partial charge in [0, 0.05) is 12.5 Å². The van der Waals surface area contributed by atoms with E-state index in [2.05, 4.69) is 0 Å². The Kier molecular flexibility index (Phi) is 6.68. The van der Waals surface area contributed by atoms with Gasteiger partial charge in [0.2, 0.25) is 0 Å². The van der Waals surface area contributed by atoms with Crippen LogP contribution in [0.5, 0.6) is 11.5 Å². The number of ether oxygens (including phenoxy) is 2. The van der Waals surface area contributed by atoms with Crippen molar-refractivity contribution in [2.24, 2.45) is 5.92 Å². The highest BCUT2D eigenvalue weighted by molar-refractivity contribution is 6.09. The molecule has 164 valence electrons. The third kappa shape index (κ3) is 4.74. The summed E-state index contributed by atoms with van der Waals surface area (Å²) >= 11 is 0. The lowest BCUT2D eigenvalue weighted by atomic mass is 9.91. The number of carbonyl (C=O) groups is 2. The van der Waals surface area contributed by atoms with Crippen molar-refractivity contribution in [2.45, 2.75) is 46.4 Å². The van der Waals surface area contributed by atoms with Gasteiger partial charge in [0.05, 0.1) is 24.8 Å². The molecule has 1 heterocycles. The Morgan fingerprint density at radius 3 is 2.32 bits per heavy atom.